The summed E-state index contributed by atoms with van der Waals surface area (Å²) in [6.45, 7) is 7.07. The van der Waals surface area contributed by atoms with Crippen LogP contribution in [0, 0.1) is 13.8 Å². The van der Waals surface area contributed by atoms with Crippen molar-refractivity contribution in [2.75, 3.05) is 6.54 Å². The zero-order valence-corrected chi connectivity index (χ0v) is 12.1. The molecule has 1 N–H and O–H groups in total. The number of halogens is 1. The molecule has 2 nitrogen and oxygen atoms in total. The number of hydrogen-bond acceptors (Lipinski definition) is 2. The second-order valence-corrected chi connectivity index (χ2v) is 5.50. The van der Waals surface area contributed by atoms with Crippen LogP contribution in [0.4, 0.5) is 0 Å². The van der Waals surface area contributed by atoms with Gasteiger partial charge in [0.1, 0.15) is 0 Å². The Hall–Kier alpha value is -0.860. The van der Waals surface area contributed by atoms with E-state index in [-0.39, 0.29) is 0 Å². The molecule has 2 rings (SSSR count). The van der Waals surface area contributed by atoms with E-state index < -0.39 is 0 Å². The third kappa shape index (κ3) is 3.56. The van der Waals surface area contributed by atoms with Crippen molar-refractivity contribution >= 4 is 11.6 Å². The predicted molar refractivity (Wildman–Crippen MR) is 77.2 cm³/mol. The maximum atomic E-state index is 6.32. The number of rotatable bonds is 5. The third-order valence-corrected chi connectivity index (χ3v) is 3.75. The normalized spacial score (nSPS) is 16.1. The highest BCUT2D eigenvalue weighted by molar-refractivity contribution is 6.31. The number of hydrogen-bond donors (Lipinski definition) is 1. The van der Waals surface area contributed by atoms with Gasteiger partial charge in [-0.15, -0.1) is 0 Å². The van der Waals surface area contributed by atoms with Gasteiger partial charge in [0, 0.05) is 29.0 Å². The van der Waals surface area contributed by atoms with Crippen molar-refractivity contribution in [3.63, 3.8) is 0 Å². The molecule has 1 fully saturated rings. The highest BCUT2D eigenvalue weighted by Crippen LogP contribution is 2.23. The van der Waals surface area contributed by atoms with Crippen molar-refractivity contribution in [2.45, 2.75) is 46.1 Å². The first-order chi connectivity index (χ1) is 8.60. The lowest BCUT2D eigenvalue weighted by atomic mass is 10.0. The van der Waals surface area contributed by atoms with Gasteiger partial charge in [-0.1, -0.05) is 23.3 Å². The Morgan fingerprint density at radius 1 is 1.50 bits per heavy atom. The van der Waals surface area contributed by atoms with Crippen LogP contribution < -0.4 is 5.32 Å². The predicted octanol–water partition coefficient (Wildman–Crippen LogP) is 3.59. The second-order valence-electron chi connectivity index (χ2n) is 5.09. The summed E-state index contributed by atoms with van der Waals surface area (Å²) in [5.41, 5.74) is 4.58. The molecular weight excluding hydrogens is 244 g/mol. The number of aromatic nitrogens is 1. The molecule has 1 saturated carbocycles. The van der Waals surface area contributed by atoms with E-state index in [9.17, 15) is 0 Å². The fraction of sp³-hybridized carbons (Fsp3) is 0.533. The van der Waals surface area contributed by atoms with E-state index >= 15 is 0 Å². The summed E-state index contributed by atoms with van der Waals surface area (Å²) < 4.78 is 0. The van der Waals surface area contributed by atoms with Gasteiger partial charge in [0.2, 0.25) is 0 Å². The van der Waals surface area contributed by atoms with Crippen LogP contribution in [0.25, 0.3) is 0 Å². The van der Waals surface area contributed by atoms with Gasteiger partial charge in [-0.3, -0.25) is 4.98 Å². The number of nitrogens with one attached hydrogen (secondary N) is 1. The Bertz CT molecular complexity index is 439. The summed E-state index contributed by atoms with van der Waals surface area (Å²) in [6.07, 6.45) is 5.73. The molecule has 0 bridgehead atoms. The lowest BCUT2D eigenvalue weighted by Crippen LogP contribution is -2.20. The minimum atomic E-state index is 0.743. The molecule has 0 unspecified atom stereocenters. The monoisotopic (exact) mass is 264 g/mol. The fourth-order valence-electron chi connectivity index (χ4n) is 2.08. The van der Waals surface area contributed by atoms with Crippen molar-refractivity contribution in [2.24, 2.45) is 0 Å². The largest absolute Gasteiger partial charge is 0.310 e. The van der Waals surface area contributed by atoms with Crippen LogP contribution in [-0.2, 0) is 6.42 Å². The Kier molecular flexibility index (Phi) is 4.41. The highest BCUT2D eigenvalue weighted by atomic mass is 35.5. The van der Waals surface area contributed by atoms with E-state index in [1.165, 1.54) is 18.4 Å². The molecule has 0 spiro atoms. The number of allylic oxidation sites excluding steroid dienone is 1. The van der Waals surface area contributed by atoms with Crippen LogP contribution in [0.3, 0.4) is 0 Å². The van der Waals surface area contributed by atoms with Crippen LogP contribution in [0.5, 0.6) is 0 Å². The Morgan fingerprint density at radius 3 is 2.78 bits per heavy atom. The average Bonchev–Trinajstić information content (AvgIpc) is 3.11. The molecule has 3 heteroatoms. The van der Waals surface area contributed by atoms with Crippen LogP contribution in [-0.4, -0.2) is 17.6 Å². The van der Waals surface area contributed by atoms with Crippen molar-refractivity contribution in [1.82, 2.24) is 10.3 Å². The van der Waals surface area contributed by atoms with Crippen LogP contribution >= 0.6 is 11.6 Å². The van der Waals surface area contributed by atoms with E-state index in [1.807, 2.05) is 19.9 Å². The molecule has 1 heterocycles. The zero-order chi connectivity index (χ0) is 13.1. The summed E-state index contributed by atoms with van der Waals surface area (Å²) in [5, 5.41) is 4.39. The average molecular weight is 265 g/mol. The molecule has 1 aromatic heterocycles. The summed E-state index contributed by atoms with van der Waals surface area (Å²) in [4.78, 5) is 4.50. The lowest BCUT2D eigenvalue weighted by Gasteiger charge is -2.12. The molecule has 0 saturated heterocycles. The Labute approximate surface area is 114 Å². The molecule has 18 heavy (non-hydrogen) atoms. The van der Waals surface area contributed by atoms with Crippen molar-refractivity contribution in [3.8, 4) is 0 Å². The van der Waals surface area contributed by atoms with Crippen LogP contribution in [0.2, 0.25) is 5.02 Å². The van der Waals surface area contributed by atoms with E-state index in [0.29, 0.717) is 0 Å². The molecule has 0 atom stereocenters. The molecular formula is C15H21ClN2. The zero-order valence-electron chi connectivity index (χ0n) is 11.4. The second kappa shape index (κ2) is 5.85. The molecule has 1 aromatic rings. The van der Waals surface area contributed by atoms with E-state index in [1.54, 1.807) is 0 Å². The van der Waals surface area contributed by atoms with Gasteiger partial charge in [-0.25, -0.2) is 0 Å². The molecule has 0 aromatic carbocycles. The fourth-order valence-corrected chi connectivity index (χ4v) is 2.44. The standard InChI is InChI=1S/C15H21ClN2/c1-4-12(9-17-13-5-6-13)8-14-11(3)18-10(2)7-15(14)16/h4,7,13,17H,5-6,8-9H2,1-3H3/b12-4+. The van der Waals surface area contributed by atoms with Gasteiger partial charge in [0.15, 0.2) is 0 Å². The quantitative estimate of drug-likeness (QED) is 0.822. The number of nitrogens with zero attached hydrogens (tertiary/aromatic N) is 1. The highest BCUT2D eigenvalue weighted by Gasteiger charge is 2.20. The van der Waals surface area contributed by atoms with Crippen LogP contribution in [0.15, 0.2) is 17.7 Å². The minimum absolute atomic E-state index is 0.743. The van der Waals surface area contributed by atoms with Crippen molar-refractivity contribution < 1.29 is 0 Å². The van der Waals surface area contributed by atoms with Gasteiger partial charge in [0.25, 0.3) is 0 Å². The van der Waals surface area contributed by atoms with Gasteiger partial charge in [0.05, 0.1) is 0 Å². The summed E-state index contributed by atoms with van der Waals surface area (Å²) >= 11 is 6.32. The lowest BCUT2D eigenvalue weighted by molar-refractivity contribution is 0.721. The summed E-state index contributed by atoms with van der Waals surface area (Å²) in [6, 6.07) is 2.69. The molecule has 1 aliphatic rings. The minimum Gasteiger partial charge on any atom is -0.310 e. The maximum Gasteiger partial charge on any atom is 0.0477 e. The smallest absolute Gasteiger partial charge is 0.0477 e. The van der Waals surface area contributed by atoms with Gasteiger partial charge >= 0.3 is 0 Å². The van der Waals surface area contributed by atoms with E-state index in [0.717, 1.165) is 41.0 Å². The van der Waals surface area contributed by atoms with E-state index in [4.69, 9.17) is 11.6 Å². The Morgan fingerprint density at radius 2 is 2.22 bits per heavy atom. The third-order valence-electron chi connectivity index (χ3n) is 3.41. The SMILES string of the molecule is C/C=C(/CNC1CC1)Cc1c(Cl)cc(C)nc1C. The molecule has 98 valence electrons. The van der Waals surface area contributed by atoms with E-state index in [2.05, 4.69) is 23.3 Å². The molecule has 0 aliphatic heterocycles. The molecule has 0 radical (unpaired) electrons. The Balaban J connectivity index is 2.06. The summed E-state index contributed by atoms with van der Waals surface area (Å²) in [7, 11) is 0. The molecule has 1 aliphatic carbocycles. The topological polar surface area (TPSA) is 24.9 Å². The van der Waals surface area contributed by atoms with Crippen molar-refractivity contribution in [3.05, 3.63) is 39.7 Å². The molecule has 0 amide bonds. The maximum absolute atomic E-state index is 6.32. The first-order valence-electron chi connectivity index (χ1n) is 6.60. The van der Waals surface area contributed by atoms with Gasteiger partial charge in [-0.05, 0) is 51.7 Å². The van der Waals surface area contributed by atoms with Gasteiger partial charge < -0.3 is 5.32 Å². The van der Waals surface area contributed by atoms with Crippen molar-refractivity contribution in [1.29, 1.82) is 0 Å². The number of pyridine rings is 1. The van der Waals surface area contributed by atoms with Crippen LogP contribution in [0.1, 0.15) is 36.7 Å². The number of aryl methyl sites for hydroxylation is 2. The first kappa shape index (κ1) is 13.6. The summed E-state index contributed by atoms with van der Waals surface area (Å²) in [5.74, 6) is 0. The van der Waals surface area contributed by atoms with Gasteiger partial charge in [-0.2, -0.15) is 0 Å². The first-order valence-corrected chi connectivity index (χ1v) is 6.98.